The first-order chi connectivity index (χ1) is 8.92. The normalized spacial score (nSPS) is 18.8. The highest BCUT2D eigenvalue weighted by Crippen LogP contribution is 2.26. The van der Waals surface area contributed by atoms with Gasteiger partial charge in [0.2, 0.25) is 0 Å². The Morgan fingerprint density at radius 3 is 2.28 bits per heavy atom. The second-order valence-corrected chi connectivity index (χ2v) is 4.63. The minimum absolute atomic E-state index is 0.524. The van der Waals surface area contributed by atoms with Crippen LogP contribution in [0.15, 0.2) is 54.6 Å². The van der Waals surface area contributed by atoms with Crippen LogP contribution < -0.4 is 10.1 Å². The van der Waals surface area contributed by atoms with Gasteiger partial charge in [-0.25, -0.2) is 0 Å². The molecule has 1 N–H and O–H groups in total. The predicted molar refractivity (Wildman–Crippen MR) is 72.9 cm³/mol. The molecule has 3 rings (SSSR count). The van der Waals surface area contributed by atoms with E-state index in [4.69, 9.17) is 4.74 Å². The van der Waals surface area contributed by atoms with Crippen LogP contribution in [0.1, 0.15) is 24.4 Å². The summed E-state index contributed by atoms with van der Waals surface area (Å²) < 4.78 is 5.78. The number of hydrogen-bond donors (Lipinski definition) is 1. The number of hydrogen-bond acceptors (Lipinski definition) is 2. The van der Waals surface area contributed by atoms with Crippen molar-refractivity contribution in [2.75, 3.05) is 6.54 Å². The summed E-state index contributed by atoms with van der Waals surface area (Å²) in [6.45, 7) is 1.13. The molecule has 0 amide bonds. The molecule has 2 aromatic rings. The van der Waals surface area contributed by atoms with Gasteiger partial charge in [-0.15, -0.1) is 0 Å². The van der Waals surface area contributed by atoms with Gasteiger partial charge in [0.1, 0.15) is 11.5 Å². The number of nitrogens with one attached hydrogen (secondary N) is 1. The van der Waals surface area contributed by atoms with Crippen molar-refractivity contribution < 1.29 is 4.74 Å². The average Bonchev–Trinajstić information content (AvgIpc) is 2.95. The van der Waals surface area contributed by atoms with Gasteiger partial charge in [0.15, 0.2) is 0 Å². The lowest BCUT2D eigenvalue weighted by atomic mass is 10.1. The highest BCUT2D eigenvalue weighted by atomic mass is 16.5. The Kier molecular flexibility index (Phi) is 3.29. The van der Waals surface area contributed by atoms with Crippen LogP contribution in [0.4, 0.5) is 0 Å². The van der Waals surface area contributed by atoms with E-state index in [1.54, 1.807) is 0 Å². The molecule has 1 aliphatic heterocycles. The number of ether oxygens (including phenoxy) is 1. The highest BCUT2D eigenvalue weighted by molar-refractivity contribution is 5.34. The fraction of sp³-hybridized carbons (Fsp3) is 0.250. The lowest BCUT2D eigenvalue weighted by Gasteiger charge is -2.11. The van der Waals surface area contributed by atoms with E-state index in [2.05, 4.69) is 17.4 Å². The quantitative estimate of drug-likeness (QED) is 0.877. The fourth-order valence-corrected chi connectivity index (χ4v) is 2.36. The van der Waals surface area contributed by atoms with E-state index in [0.717, 1.165) is 18.0 Å². The van der Waals surface area contributed by atoms with Gasteiger partial charge in [0.25, 0.3) is 0 Å². The van der Waals surface area contributed by atoms with Crippen LogP contribution in [0, 0.1) is 0 Å². The van der Waals surface area contributed by atoms with Crippen molar-refractivity contribution in [3.63, 3.8) is 0 Å². The summed E-state index contributed by atoms with van der Waals surface area (Å²) in [6.07, 6.45) is 2.51. The fourth-order valence-electron chi connectivity index (χ4n) is 2.36. The maximum atomic E-state index is 5.78. The third-order valence-corrected chi connectivity index (χ3v) is 3.32. The van der Waals surface area contributed by atoms with E-state index >= 15 is 0 Å². The maximum absolute atomic E-state index is 5.78. The third-order valence-electron chi connectivity index (χ3n) is 3.32. The van der Waals surface area contributed by atoms with E-state index in [9.17, 15) is 0 Å². The van der Waals surface area contributed by atoms with Gasteiger partial charge in [0, 0.05) is 6.04 Å². The Morgan fingerprint density at radius 2 is 1.61 bits per heavy atom. The zero-order chi connectivity index (χ0) is 12.2. The highest BCUT2D eigenvalue weighted by Gasteiger charge is 2.15. The molecule has 18 heavy (non-hydrogen) atoms. The summed E-state index contributed by atoms with van der Waals surface area (Å²) >= 11 is 0. The van der Waals surface area contributed by atoms with Crippen molar-refractivity contribution in [1.29, 1.82) is 0 Å². The van der Waals surface area contributed by atoms with Crippen LogP contribution in [0.25, 0.3) is 0 Å². The molecule has 1 heterocycles. The van der Waals surface area contributed by atoms with Crippen LogP contribution in [0.2, 0.25) is 0 Å². The topological polar surface area (TPSA) is 21.3 Å². The smallest absolute Gasteiger partial charge is 0.127 e. The van der Waals surface area contributed by atoms with Crippen LogP contribution >= 0.6 is 0 Å². The zero-order valence-electron chi connectivity index (χ0n) is 10.3. The van der Waals surface area contributed by atoms with Crippen molar-refractivity contribution in [3.05, 3.63) is 60.2 Å². The summed E-state index contributed by atoms with van der Waals surface area (Å²) in [5.74, 6) is 1.77. The standard InChI is InChI=1S/C16H17NO/c1-2-5-14(6-3-1)18-15-10-8-13(9-11-15)16-7-4-12-17-16/h1-3,5-6,8-11,16-17H,4,7,12H2/t16-/m1/s1. The number of para-hydroxylation sites is 1. The van der Waals surface area contributed by atoms with Gasteiger partial charge < -0.3 is 10.1 Å². The van der Waals surface area contributed by atoms with Crippen LogP contribution in [0.3, 0.4) is 0 Å². The molecule has 0 aromatic heterocycles. The molecule has 1 saturated heterocycles. The van der Waals surface area contributed by atoms with Crippen molar-refractivity contribution in [2.45, 2.75) is 18.9 Å². The van der Waals surface area contributed by atoms with E-state index < -0.39 is 0 Å². The van der Waals surface area contributed by atoms with Gasteiger partial charge >= 0.3 is 0 Å². The molecular formula is C16H17NO. The first-order valence-electron chi connectivity index (χ1n) is 6.48. The molecular weight excluding hydrogens is 222 g/mol. The van der Waals surface area contributed by atoms with Crippen LogP contribution in [-0.4, -0.2) is 6.54 Å². The Hall–Kier alpha value is -1.80. The summed E-state index contributed by atoms with van der Waals surface area (Å²) in [4.78, 5) is 0. The predicted octanol–water partition coefficient (Wildman–Crippen LogP) is 3.90. The third kappa shape index (κ3) is 2.54. The second kappa shape index (κ2) is 5.23. The molecule has 2 heteroatoms. The molecule has 1 fully saturated rings. The Balaban J connectivity index is 1.71. The Labute approximate surface area is 108 Å². The summed E-state index contributed by atoms with van der Waals surface area (Å²) in [7, 11) is 0. The SMILES string of the molecule is c1ccc(Oc2ccc([C@H]3CCCN3)cc2)cc1. The molecule has 0 bridgehead atoms. The van der Waals surface area contributed by atoms with E-state index in [1.807, 2.05) is 42.5 Å². The Bertz CT molecular complexity index is 486. The Morgan fingerprint density at radius 1 is 0.889 bits per heavy atom. The zero-order valence-corrected chi connectivity index (χ0v) is 10.3. The first-order valence-corrected chi connectivity index (χ1v) is 6.48. The molecule has 0 radical (unpaired) electrons. The first kappa shape index (κ1) is 11.3. The van der Waals surface area contributed by atoms with Gasteiger partial charge in [0.05, 0.1) is 0 Å². The molecule has 0 spiro atoms. The van der Waals surface area contributed by atoms with Gasteiger partial charge in [-0.05, 0) is 49.2 Å². The van der Waals surface area contributed by atoms with Crippen molar-refractivity contribution in [1.82, 2.24) is 5.32 Å². The van der Waals surface area contributed by atoms with Gasteiger partial charge in [-0.1, -0.05) is 30.3 Å². The maximum Gasteiger partial charge on any atom is 0.127 e. The van der Waals surface area contributed by atoms with Crippen LogP contribution in [0.5, 0.6) is 11.5 Å². The molecule has 2 nitrogen and oxygen atoms in total. The minimum atomic E-state index is 0.524. The summed E-state index contributed by atoms with van der Waals surface area (Å²) in [6, 6.07) is 18.8. The molecule has 1 aliphatic rings. The van der Waals surface area contributed by atoms with E-state index in [-0.39, 0.29) is 0 Å². The molecule has 2 aromatic carbocycles. The minimum Gasteiger partial charge on any atom is -0.457 e. The molecule has 92 valence electrons. The van der Waals surface area contributed by atoms with Crippen molar-refractivity contribution in [3.8, 4) is 11.5 Å². The monoisotopic (exact) mass is 239 g/mol. The molecule has 0 unspecified atom stereocenters. The molecule has 0 aliphatic carbocycles. The number of benzene rings is 2. The summed E-state index contributed by atoms with van der Waals surface area (Å²) in [5, 5.41) is 3.50. The van der Waals surface area contributed by atoms with Crippen molar-refractivity contribution in [2.24, 2.45) is 0 Å². The molecule has 1 atom stereocenters. The number of rotatable bonds is 3. The second-order valence-electron chi connectivity index (χ2n) is 4.63. The van der Waals surface area contributed by atoms with Crippen LogP contribution in [-0.2, 0) is 0 Å². The lowest BCUT2D eigenvalue weighted by molar-refractivity contribution is 0.482. The van der Waals surface area contributed by atoms with Gasteiger partial charge in [-0.3, -0.25) is 0 Å². The van der Waals surface area contributed by atoms with Gasteiger partial charge in [-0.2, -0.15) is 0 Å². The summed E-state index contributed by atoms with van der Waals surface area (Å²) in [5.41, 5.74) is 1.35. The van der Waals surface area contributed by atoms with E-state index in [1.165, 1.54) is 18.4 Å². The average molecular weight is 239 g/mol. The largest absolute Gasteiger partial charge is 0.457 e. The van der Waals surface area contributed by atoms with E-state index in [0.29, 0.717) is 6.04 Å². The lowest BCUT2D eigenvalue weighted by Crippen LogP contribution is -2.12. The molecule has 0 saturated carbocycles. The van der Waals surface area contributed by atoms with Crippen molar-refractivity contribution >= 4 is 0 Å².